The lowest BCUT2D eigenvalue weighted by Crippen LogP contribution is -2.23. The molecule has 1 aromatic heterocycles. The van der Waals surface area contributed by atoms with Crippen LogP contribution in [0.5, 0.6) is 11.5 Å². The summed E-state index contributed by atoms with van der Waals surface area (Å²) in [6, 6.07) is 9.06. The van der Waals surface area contributed by atoms with Crippen LogP contribution in [0.1, 0.15) is 28.9 Å². The Morgan fingerprint density at radius 2 is 1.93 bits per heavy atom. The minimum atomic E-state index is -0.455. The van der Waals surface area contributed by atoms with Gasteiger partial charge in [0.25, 0.3) is 5.91 Å². The van der Waals surface area contributed by atoms with E-state index in [-0.39, 0.29) is 17.0 Å². The highest BCUT2D eigenvalue weighted by molar-refractivity contribution is 9.10. The number of carbonyl (C=O) groups is 1. The van der Waals surface area contributed by atoms with Crippen LogP contribution in [0.4, 0.5) is 5.69 Å². The summed E-state index contributed by atoms with van der Waals surface area (Å²) in [5, 5.41) is 3.34. The third-order valence-corrected chi connectivity index (χ3v) is 5.50. The number of benzene rings is 2. The van der Waals surface area contributed by atoms with E-state index in [1.165, 1.54) is 7.11 Å². The summed E-state index contributed by atoms with van der Waals surface area (Å²) < 4.78 is 13.3. The van der Waals surface area contributed by atoms with Crippen LogP contribution in [-0.4, -0.2) is 24.7 Å². The van der Waals surface area contributed by atoms with Crippen molar-refractivity contribution >= 4 is 38.4 Å². The molecule has 0 aliphatic carbocycles. The van der Waals surface area contributed by atoms with Crippen molar-refractivity contribution < 1.29 is 14.3 Å². The van der Waals surface area contributed by atoms with E-state index in [1.807, 2.05) is 10.6 Å². The number of carbonyl (C=O) groups excluding carboxylic acids is 1. The standard InChI is InChI=1S/C21H19BrN2O4/c1-11-6-12-7-13(22)8-15-19(12)24(11)10-16(20(15)25)21(26)23-14-4-5-17(27-2)18(9-14)28-3/h4-5,7-11H,6H2,1-3H3,(H,23,26). The summed E-state index contributed by atoms with van der Waals surface area (Å²) in [5.41, 5.74) is 2.37. The number of ether oxygens (including phenoxy) is 2. The first-order valence-corrected chi connectivity index (χ1v) is 9.63. The zero-order chi connectivity index (χ0) is 20.0. The summed E-state index contributed by atoms with van der Waals surface area (Å²) in [7, 11) is 3.07. The van der Waals surface area contributed by atoms with Gasteiger partial charge in [0, 0.05) is 33.9 Å². The van der Waals surface area contributed by atoms with E-state index in [1.54, 1.807) is 37.6 Å². The predicted molar refractivity (Wildman–Crippen MR) is 112 cm³/mol. The van der Waals surface area contributed by atoms with E-state index < -0.39 is 5.91 Å². The number of nitrogens with one attached hydrogen (secondary N) is 1. The summed E-state index contributed by atoms with van der Waals surface area (Å²) in [6.07, 6.45) is 2.49. The Hall–Kier alpha value is -2.80. The highest BCUT2D eigenvalue weighted by Gasteiger charge is 2.25. The van der Waals surface area contributed by atoms with Crippen LogP contribution in [0.25, 0.3) is 10.9 Å². The van der Waals surface area contributed by atoms with E-state index in [0.29, 0.717) is 22.6 Å². The SMILES string of the molecule is COc1ccc(NC(=O)c2cn3c4c(cc(Br)cc4c2=O)CC3C)cc1OC. The fourth-order valence-electron chi connectivity index (χ4n) is 3.74. The average Bonchev–Trinajstić information content (AvgIpc) is 2.99. The van der Waals surface area contributed by atoms with Gasteiger partial charge in [-0.3, -0.25) is 9.59 Å². The number of anilines is 1. The molecule has 0 fully saturated rings. The Balaban J connectivity index is 1.77. The zero-order valence-corrected chi connectivity index (χ0v) is 17.3. The molecule has 2 aromatic carbocycles. The Labute approximate surface area is 170 Å². The molecule has 4 rings (SSSR count). The molecule has 0 radical (unpaired) electrons. The molecule has 144 valence electrons. The van der Waals surface area contributed by atoms with Gasteiger partial charge in [-0.2, -0.15) is 0 Å². The highest BCUT2D eigenvalue weighted by Crippen LogP contribution is 2.34. The molecule has 1 unspecified atom stereocenters. The number of halogens is 1. The minimum absolute atomic E-state index is 0.111. The third kappa shape index (κ3) is 2.96. The van der Waals surface area contributed by atoms with Crippen molar-refractivity contribution in [1.29, 1.82) is 0 Å². The lowest BCUT2D eigenvalue weighted by atomic mass is 10.1. The molecule has 7 heteroatoms. The van der Waals surface area contributed by atoms with E-state index in [0.717, 1.165) is 22.0 Å². The van der Waals surface area contributed by atoms with Crippen LogP contribution in [-0.2, 0) is 6.42 Å². The van der Waals surface area contributed by atoms with Crippen molar-refractivity contribution in [3.8, 4) is 11.5 Å². The van der Waals surface area contributed by atoms with Gasteiger partial charge < -0.3 is 19.4 Å². The van der Waals surface area contributed by atoms with E-state index in [2.05, 4.69) is 28.2 Å². The number of nitrogens with zero attached hydrogens (tertiary/aromatic N) is 1. The second-order valence-corrected chi connectivity index (χ2v) is 7.73. The first kappa shape index (κ1) is 18.6. The quantitative estimate of drug-likeness (QED) is 0.658. The Kier molecular flexibility index (Phi) is 4.63. The fraction of sp³-hybridized carbons (Fsp3) is 0.238. The summed E-state index contributed by atoms with van der Waals surface area (Å²) >= 11 is 3.47. The minimum Gasteiger partial charge on any atom is -0.493 e. The summed E-state index contributed by atoms with van der Waals surface area (Å²) in [5.74, 6) is 0.602. The van der Waals surface area contributed by atoms with Crippen LogP contribution in [0.2, 0.25) is 0 Å². The zero-order valence-electron chi connectivity index (χ0n) is 15.7. The molecule has 0 saturated carbocycles. The maximum absolute atomic E-state index is 13.0. The molecule has 0 saturated heterocycles. The molecule has 2 heterocycles. The second-order valence-electron chi connectivity index (χ2n) is 6.82. The van der Waals surface area contributed by atoms with Gasteiger partial charge in [-0.1, -0.05) is 15.9 Å². The number of methoxy groups -OCH3 is 2. The first-order valence-electron chi connectivity index (χ1n) is 8.83. The van der Waals surface area contributed by atoms with Crippen LogP contribution in [0.3, 0.4) is 0 Å². The van der Waals surface area contributed by atoms with Crippen molar-refractivity contribution in [3.63, 3.8) is 0 Å². The van der Waals surface area contributed by atoms with Gasteiger partial charge in [0.05, 0.1) is 19.7 Å². The number of rotatable bonds is 4. The second kappa shape index (κ2) is 6.98. The molecule has 1 atom stereocenters. The number of hydrogen-bond donors (Lipinski definition) is 1. The maximum atomic E-state index is 13.0. The van der Waals surface area contributed by atoms with Gasteiger partial charge >= 0.3 is 0 Å². The molecule has 1 amide bonds. The molecule has 6 nitrogen and oxygen atoms in total. The average molecular weight is 443 g/mol. The molecular formula is C21H19BrN2O4. The van der Waals surface area contributed by atoms with Crippen molar-refractivity contribution in [2.24, 2.45) is 0 Å². The first-order chi connectivity index (χ1) is 13.4. The van der Waals surface area contributed by atoms with Gasteiger partial charge in [0.2, 0.25) is 5.43 Å². The van der Waals surface area contributed by atoms with Gasteiger partial charge in [0.15, 0.2) is 11.5 Å². The highest BCUT2D eigenvalue weighted by atomic mass is 79.9. The number of pyridine rings is 1. The molecule has 1 N–H and O–H groups in total. The Morgan fingerprint density at radius 3 is 2.64 bits per heavy atom. The molecule has 1 aliphatic rings. The van der Waals surface area contributed by atoms with Crippen molar-refractivity contribution in [1.82, 2.24) is 4.57 Å². The van der Waals surface area contributed by atoms with Crippen LogP contribution in [0, 0.1) is 0 Å². The number of aromatic nitrogens is 1. The topological polar surface area (TPSA) is 69.6 Å². The lowest BCUT2D eigenvalue weighted by molar-refractivity contribution is 0.102. The van der Waals surface area contributed by atoms with E-state index in [9.17, 15) is 9.59 Å². The molecule has 0 bridgehead atoms. The van der Waals surface area contributed by atoms with Gasteiger partial charge in [-0.15, -0.1) is 0 Å². The molecule has 0 spiro atoms. The molecule has 1 aliphatic heterocycles. The van der Waals surface area contributed by atoms with Crippen LogP contribution in [0.15, 0.2) is 45.8 Å². The van der Waals surface area contributed by atoms with Crippen molar-refractivity contribution in [3.05, 3.63) is 62.4 Å². The Morgan fingerprint density at radius 1 is 1.18 bits per heavy atom. The van der Waals surface area contributed by atoms with Crippen LogP contribution < -0.4 is 20.2 Å². The molecule has 28 heavy (non-hydrogen) atoms. The van der Waals surface area contributed by atoms with Crippen LogP contribution >= 0.6 is 15.9 Å². The van der Waals surface area contributed by atoms with E-state index in [4.69, 9.17) is 9.47 Å². The number of amides is 1. The third-order valence-electron chi connectivity index (χ3n) is 5.05. The molecular weight excluding hydrogens is 424 g/mol. The predicted octanol–water partition coefficient (Wildman–Crippen LogP) is 4.15. The maximum Gasteiger partial charge on any atom is 0.261 e. The largest absolute Gasteiger partial charge is 0.493 e. The normalized spacial score (nSPS) is 14.9. The van der Waals surface area contributed by atoms with Crippen molar-refractivity contribution in [2.75, 3.05) is 19.5 Å². The summed E-state index contributed by atoms with van der Waals surface area (Å²) in [4.78, 5) is 25.9. The fourth-order valence-corrected chi connectivity index (χ4v) is 4.24. The summed E-state index contributed by atoms with van der Waals surface area (Å²) in [6.45, 7) is 2.08. The van der Waals surface area contributed by atoms with Gasteiger partial charge in [-0.05, 0) is 43.2 Å². The van der Waals surface area contributed by atoms with E-state index >= 15 is 0 Å². The Bertz CT molecular complexity index is 1170. The lowest BCUT2D eigenvalue weighted by Gasteiger charge is -2.14. The van der Waals surface area contributed by atoms with Crippen molar-refractivity contribution in [2.45, 2.75) is 19.4 Å². The monoisotopic (exact) mass is 442 g/mol. The van der Waals surface area contributed by atoms with Gasteiger partial charge in [-0.25, -0.2) is 0 Å². The smallest absolute Gasteiger partial charge is 0.261 e. The number of hydrogen-bond acceptors (Lipinski definition) is 4. The van der Waals surface area contributed by atoms with Gasteiger partial charge in [0.1, 0.15) is 5.56 Å². The molecule has 3 aromatic rings.